The summed E-state index contributed by atoms with van der Waals surface area (Å²) in [7, 11) is 2.13. The molecule has 1 fully saturated rings. The van der Waals surface area contributed by atoms with Crippen LogP contribution in [0.3, 0.4) is 0 Å². The third kappa shape index (κ3) is 5.29. The van der Waals surface area contributed by atoms with Crippen LogP contribution in [-0.4, -0.2) is 59.1 Å². The monoisotopic (exact) mass is 458 g/mol. The second kappa shape index (κ2) is 10.8. The Kier molecular flexibility index (Phi) is 7.60. The summed E-state index contributed by atoms with van der Waals surface area (Å²) in [5.74, 6) is -0.892. The Morgan fingerprint density at radius 3 is 2.18 bits per heavy atom. The Morgan fingerprint density at radius 2 is 1.59 bits per heavy atom. The van der Waals surface area contributed by atoms with E-state index in [0.29, 0.717) is 17.8 Å². The summed E-state index contributed by atoms with van der Waals surface area (Å²) in [6, 6.07) is 14.2. The van der Waals surface area contributed by atoms with Crippen molar-refractivity contribution >= 4 is 17.3 Å². The minimum atomic E-state index is -0.892. The predicted molar refractivity (Wildman–Crippen MR) is 138 cm³/mol. The molecule has 1 aromatic heterocycles. The molecule has 1 aliphatic heterocycles. The number of carbonyl (C=O) groups is 1. The van der Waals surface area contributed by atoms with E-state index in [1.807, 2.05) is 42.7 Å². The third-order valence-corrected chi connectivity index (χ3v) is 6.69. The largest absolute Gasteiger partial charge is 0.478 e. The molecule has 2 heterocycles. The molecule has 2 aromatic carbocycles. The number of benzene rings is 2. The summed E-state index contributed by atoms with van der Waals surface area (Å²) in [5.41, 5.74) is 7.52. The lowest BCUT2D eigenvalue weighted by molar-refractivity contribution is 0.0694. The van der Waals surface area contributed by atoms with Crippen molar-refractivity contribution in [3.05, 3.63) is 77.1 Å². The molecule has 0 aliphatic carbocycles. The van der Waals surface area contributed by atoms with Crippen LogP contribution in [0.5, 0.6) is 0 Å². The summed E-state index contributed by atoms with van der Waals surface area (Å²) >= 11 is 0. The number of aryl methyl sites for hydroxylation is 2. The first-order valence-electron chi connectivity index (χ1n) is 12.1. The average Bonchev–Trinajstić information content (AvgIpc) is 2.86. The van der Waals surface area contributed by atoms with Crippen molar-refractivity contribution in [2.24, 2.45) is 0 Å². The number of pyridine rings is 1. The molecular weight excluding hydrogens is 424 g/mol. The van der Waals surface area contributed by atoms with Gasteiger partial charge in [0.15, 0.2) is 0 Å². The van der Waals surface area contributed by atoms with Crippen molar-refractivity contribution in [2.75, 3.05) is 38.5 Å². The highest BCUT2D eigenvalue weighted by molar-refractivity contribution is 5.97. The van der Waals surface area contributed by atoms with Gasteiger partial charge in [0.25, 0.3) is 0 Å². The molecule has 2 N–H and O–H groups in total. The van der Waals surface area contributed by atoms with Crippen LogP contribution < -0.4 is 5.32 Å². The molecule has 34 heavy (non-hydrogen) atoms. The summed E-state index contributed by atoms with van der Waals surface area (Å²) in [5, 5.41) is 13.7. The molecule has 0 atom stereocenters. The van der Waals surface area contributed by atoms with E-state index in [1.165, 1.54) is 11.1 Å². The molecule has 1 aliphatic rings. The molecule has 0 bridgehead atoms. The number of carboxylic acids is 1. The third-order valence-electron chi connectivity index (χ3n) is 6.69. The van der Waals surface area contributed by atoms with Gasteiger partial charge in [0.05, 0.1) is 11.3 Å². The van der Waals surface area contributed by atoms with Gasteiger partial charge in [0, 0.05) is 50.8 Å². The molecule has 0 spiro atoms. The van der Waals surface area contributed by atoms with E-state index in [9.17, 15) is 9.90 Å². The normalized spacial score (nSPS) is 14.8. The zero-order valence-electron chi connectivity index (χ0n) is 20.3. The zero-order chi connectivity index (χ0) is 24.1. The van der Waals surface area contributed by atoms with Crippen molar-refractivity contribution < 1.29 is 9.90 Å². The van der Waals surface area contributed by atoms with Crippen molar-refractivity contribution in [1.82, 2.24) is 14.8 Å². The number of aromatic nitrogens is 1. The Balaban J connectivity index is 1.70. The summed E-state index contributed by atoms with van der Waals surface area (Å²) < 4.78 is 0. The Hall–Kier alpha value is -3.22. The first-order chi connectivity index (χ1) is 16.5. The van der Waals surface area contributed by atoms with E-state index >= 15 is 0 Å². The molecule has 178 valence electrons. The summed E-state index contributed by atoms with van der Waals surface area (Å²) in [6.07, 6.45) is 5.31. The van der Waals surface area contributed by atoms with Crippen molar-refractivity contribution in [2.45, 2.75) is 33.2 Å². The van der Waals surface area contributed by atoms with Gasteiger partial charge in [-0.1, -0.05) is 26.0 Å². The molecule has 0 saturated carbocycles. The standard InChI is InChI=1S/C28H34N4O2/c1-4-20-17-24(22-9-11-29-12-10-22)18-21(5-2)27(20)30-25-8-6-7-23(26(25)28(33)34)19-32-15-13-31(3)14-16-32/h6-12,17-18,30H,4-5,13-16,19H2,1-3H3,(H,33,34). The fourth-order valence-corrected chi connectivity index (χ4v) is 4.67. The topological polar surface area (TPSA) is 68.7 Å². The first-order valence-corrected chi connectivity index (χ1v) is 12.1. The first kappa shape index (κ1) is 23.9. The lowest BCUT2D eigenvalue weighted by atomic mass is 9.95. The van der Waals surface area contributed by atoms with Gasteiger partial charge in [-0.3, -0.25) is 9.88 Å². The van der Waals surface area contributed by atoms with Gasteiger partial charge in [0.1, 0.15) is 0 Å². The van der Waals surface area contributed by atoms with Gasteiger partial charge in [-0.05, 0) is 78.0 Å². The highest BCUT2D eigenvalue weighted by Gasteiger charge is 2.21. The average molecular weight is 459 g/mol. The summed E-state index contributed by atoms with van der Waals surface area (Å²) in [4.78, 5) is 21.2. The fourth-order valence-electron chi connectivity index (χ4n) is 4.67. The van der Waals surface area contributed by atoms with Gasteiger partial charge in [0.2, 0.25) is 0 Å². The SMILES string of the molecule is CCc1cc(-c2ccncc2)cc(CC)c1Nc1cccc(CN2CCN(C)CC2)c1C(=O)O. The number of nitrogens with one attached hydrogen (secondary N) is 1. The number of rotatable bonds is 8. The fraction of sp³-hybridized carbons (Fsp3) is 0.357. The predicted octanol–water partition coefficient (Wildman–Crippen LogP) is 5.06. The van der Waals surface area contributed by atoms with Crippen LogP contribution >= 0.6 is 0 Å². The Morgan fingerprint density at radius 1 is 0.941 bits per heavy atom. The maximum absolute atomic E-state index is 12.4. The van der Waals surface area contributed by atoms with E-state index in [1.54, 1.807) is 0 Å². The van der Waals surface area contributed by atoms with E-state index < -0.39 is 5.97 Å². The number of hydrogen-bond donors (Lipinski definition) is 2. The maximum Gasteiger partial charge on any atom is 0.338 e. The highest BCUT2D eigenvalue weighted by Crippen LogP contribution is 2.34. The van der Waals surface area contributed by atoms with Gasteiger partial charge in [-0.25, -0.2) is 4.79 Å². The number of nitrogens with zero attached hydrogens (tertiary/aromatic N) is 3. The molecule has 0 amide bonds. The number of anilines is 2. The quantitative estimate of drug-likeness (QED) is 0.492. The number of aromatic carboxylic acids is 1. The van der Waals surface area contributed by atoms with Crippen molar-refractivity contribution in [3.8, 4) is 11.1 Å². The van der Waals surface area contributed by atoms with Gasteiger partial charge < -0.3 is 15.3 Å². The lowest BCUT2D eigenvalue weighted by Gasteiger charge is -2.32. The zero-order valence-corrected chi connectivity index (χ0v) is 20.3. The van der Waals surface area contributed by atoms with Gasteiger partial charge in [-0.2, -0.15) is 0 Å². The molecule has 3 aromatic rings. The van der Waals surface area contributed by atoms with E-state index in [4.69, 9.17) is 0 Å². The molecule has 0 radical (unpaired) electrons. The van der Waals surface area contributed by atoms with Crippen molar-refractivity contribution in [1.29, 1.82) is 0 Å². The van der Waals surface area contributed by atoms with Gasteiger partial charge in [-0.15, -0.1) is 0 Å². The Labute approximate surface area is 202 Å². The van der Waals surface area contributed by atoms with Crippen LogP contribution in [0, 0.1) is 0 Å². The molecule has 4 rings (SSSR count). The molecule has 6 heteroatoms. The van der Waals surface area contributed by atoms with Crippen molar-refractivity contribution in [3.63, 3.8) is 0 Å². The van der Waals surface area contributed by atoms with Crippen LogP contribution in [0.1, 0.15) is 40.9 Å². The molecule has 6 nitrogen and oxygen atoms in total. The highest BCUT2D eigenvalue weighted by atomic mass is 16.4. The maximum atomic E-state index is 12.4. The molecule has 0 unspecified atom stereocenters. The van der Waals surface area contributed by atoms with Crippen LogP contribution in [0.15, 0.2) is 54.9 Å². The van der Waals surface area contributed by atoms with E-state index in [-0.39, 0.29) is 0 Å². The minimum absolute atomic E-state index is 0.365. The second-order valence-electron chi connectivity index (χ2n) is 8.96. The molecular formula is C28H34N4O2. The van der Waals surface area contributed by atoms with Crippen LogP contribution in [0.25, 0.3) is 11.1 Å². The van der Waals surface area contributed by atoms with Crippen LogP contribution in [-0.2, 0) is 19.4 Å². The van der Waals surface area contributed by atoms with Crippen LogP contribution in [0.4, 0.5) is 11.4 Å². The smallest absolute Gasteiger partial charge is 0.338 e. The lowest BCUT2D eigenvalue weighted by Crippen LogP contribution is -2.44. The number of carboxylic acid groups (broad SMARTS) is 1. The Bertz CT molecular complexity index is 1110. The number of likely N-dealkylation sites (N-methyl/N-ethyl adjacent to an activating group) is 1. The van der Waals surface area contributed by atoms with E-state index in [2.05, 4.69) is 53.1 Å². The second-order valence-corrected chi connectivity index (χ2v) is 8.96. The molecule has 1 saturated heterocycles. The van der Waals surface area contributed by atoms with Gasteiger partial charge >= 0.3 is 5.97 Å². The minimum Gasteiger partial charge on any atom is -0.478 e. The summed E-state index contributed by atoms with van der Waals surface area (Å²) in [6.45, 7) is 8.82. The van der Waals surface area contributed by atoms with E-state index in [0.717, 1.165) is 61.4 Å². The number of hydrogen-bond acceptors (Lipinski definition) is 5. The van der Waals surface area contributed by atoms with Crippen LogP contribution in [0.2, 0.25) is 0 Å². The number of piperazine rings is 1.